The topological polar surface area (TPSA) is 15.3 Å². The summed E-state index contributed by atoms with van der Waals surface area (Å²) in [4.78, 5) is 2.65. The summed E-state index contributed by atoms with van der Waals surface area (Å²) in [5.41, 5.74) is 4.17. The fourth-order valence-electron chi connectivity index (χ4n) is 3.48. The number of piperidine rings is 1. The maximum Gasteiger partial charge on any atom is 0.0447 e. The van der Waals surface area contributed by atoms with Gasteiger partial charge >= 0.3 is 0 Å². The zero-order valence-electron chi connectivity index (χ0n) is 13.6. The number of benzene rings is 1. The van der Waals surface area contributed by atoms with Gasteiger partial charge in [-0.1, -0.05) is 42.7 Å². The lowest BCUT2D eigenvalue weighted by Gasteiger charge is -2.35. The van der Waals surface area contributed by atoms with Gasteiger partial charge < -0.3 is 10.2 Å². The normalized spacial score (nSPS) is 21.9. The van der Waals surface area contributed by atoms with E-state index in [4.69, 9.17) is 0 Å². The summed E-state index contributed by atoms with van der Waals surface area (Å²) >= 11 is 0. The second kappa shape index (κ2) is 7.24. The van der Waals surface area contributed by atoms with Gasteiger partial charge in [0.25, 0.3) is 0 Å². The monoisotopic (exact) mass is 274 g/mol. The predicted octanol–water partition coefficient (Wildman–Crippen LogP) is 3.69. The molecule has 0 aliphatic carbocycles. The Morgan fingerprint density at radius 3 is 2.55 bits per heavy atom. The van der Waals surface area contributed by atoms with Crippen LogP contribution in [0.5, 0.6) is 0 Å². The first-order valence-corrected chi connectivity index (χ1v) is 8.10. The largest absolute Gasteiger partial charge is 0.312 e. The van der Waals surface area contributed by atoms with Crippen LogP contribution < -0.4 is 5.32 Å². The third-order valence-electron chi connectivity index (χ3n) is 4.62. The van der Waals surface area contributed by atoms with Gasteiger partial charge in [-0.05, 0) is 51.8 Å². The van der Waals surface area contributed by atoms with E-state index < -0.39 is 0 Å². The molecule has 0 aromatic heterocycles. The Morgan fingerprint density at radius 2 is 1.95 bits per heavy atom. The number of rotatable bonds is 5. The van der Waals surface area contributed by atoms with Crippen molar-refractivity contribution in [2.24, 2.45) is 5.92 Å². The molecule has 0 saturated carbocycles. The number of hydrogen-bond acceptors (Lipinski definition) is 2. The lowest BCUT2D eigenvalue weighted by Crippen LogP contribution is -2.40. The Kier molecular flexibility index (Phi) is 5.62. The molecule has 0 amide bonds. The maximum atomic E-state index is 3.51. The molecule has 1 aromatic rings. The lowest BCUT2D eigenvalue weighted by molar-refractivity contribution is 0.158. The lowest BCUT2D eigenvalue weighted by atomic mass is 9.94. The van der Waals surface area contributed by atoms with Crippen molar-refractivity contribution in [3.8, 4) is 0 Å². The first-order valence-electron chi connectivity index (χ1n) is 8.10. The molecule has 1 aliphatic heterocycles. The van der Waals surface area contributed by atoms with E-state index in [0.717, 1.165) is 12.5 Å². The number of nitrogens with zero attached hydrogens (tertiary/aromatic N) is 1. The van der Waals surface area contributed by atoms with Crippen LogP contribution in [0.3, 0.4) is 0 Å². The van der Waals surface area contributed by atoms with Gasteiger partial charge in [0, 0.05) is 19.1 Å². The summed E-state index contributed by atoms with van der Waals surface area (Å²) in [7, 11) is 2.09. The molecule has 0 radical (unpaired) electrons. The minimum absolute atomic E-state index is 0.448. The fourth-order valence-corrected chi connectivity index (χ4v) is 3.48. The van der Waals surface area contributed by atoms with Crippen molar-refractivity contribution in [3.63, 3.8) is 0 Å². The number of nitrogens with one attached hydrogen (secondary N) is 1. The molecule has 1 heterocycles. The van der Waals surface area contributed by atoms with Crippen LogP contribution in [0.25, 0.3) is 0 Å². The van der Waals surface area contributed by atoms with Crippen molar-refractivity contribution < 1.29 is 0 Å². The van der Waals surface area contributed by atoms with Gasteiger partial charge in [0.1, 0.15) is 0 Å². The highest BCUT2D eigenvalue weighted by atomic mass is 15.2. The molecular weight excluding hydrogens is 244 g/mol. The molecule has 2 rings (SSSR count). The average Bonchev–Trinajstić information content (AvgIpc) is 2.44. The second-order valence-electron chi connectivity index (χ2n) is 6.44. The molecule has 112 valence electrons. The number of likely N-dealkylation sites (N-methyl/N-ethyl adjacent to an activating group) is 1. The quantitative estimate of drug-likeness (QED) is 0.881. The van der Waals surface area contributed by atoms with Crippen molar-refractivity contribution in [2.75, 3.05) is 26.7 Å². The number of aryl methyl sites for hydroxylation is 2. The molecule has 20 heavy (non-hydrogen) atoms. The van der Waals surface area contributed by atoms with Crippen LogP contribution in [0.1, 0.15) is 48.9 Å². The summed E-state index contributed by atoms with van der Waals surface area (Å²) in [6.07, 6.45) is 4.10. The highest BCUT2D eigenvalue weighted by molar-refractivity contribution is 5.30. The number of likely N-dealkylation sites (tertiary alicyclic amines) is 1. The zero-order valence-corrected chi connectivity index (χ0v) is 13.6. The van der Waals surface area contributed by atoms with Crippen LogP contribution in [0.4, 0.5) is 0 Å². The Labute approximate surface area is 124 Å². The van der Waals surface area contributed by atoms with E-state index in [-0.39, 0.29) is 0 Å². The summed E-state index contributed by atoms with van der Waals surface area (Å²) in [5.74, 6) is 0.903. The summed E-state index contributed by atoms with van der Waals surface area (Å²) < 4.78 is 0. The molecule has 1 fully saturated rings. The molecule has 1 saturated heterocycles. The van der Waals surface area contributed by atoms with Crippen molar-refractivity contribution >= 4 is 0 Å². The molecule has 1 aliphatic rings. The van der Waals surface area contributed by atoms with Crippen LogP contribution in [0.2, 0.25) is 0 Å². The Bertz CT molecular complexity index is 407. The van der Waals surface area contributed by atoms with Crippen LogP contribution in [-0.2, 0) is 0 Å². The van der Waals surface area contributed by atoms with Crippen molar-refractivity contribution in [3.05, 3.63) is 34.9 Å². The Balaban J connectivity index is 2.04. The molecular formula is C18H30N2. The van der Waals surface area contributed by atoms with Gasteiger partial charge in [-0.2, -0.15) is 0 Å². The van der Waals surface area contributed by atoms with E-state index in [1.807, 2.05) is 0 Å². The van der Waals surface area contributed by atoms with Gasteiger partial charge in [0.15, 0.2) is 0 Å². The van der Waals surface area contributed by atoms with Gasteiger partial charge in [-0.3, -0.25) is 0 Å². The maximum absolute atomic E-state index is 3.51. The first-order chi connectivity index (χ1) is 9.62. The average molecular weight is 274 g/mol. The van der Waals surface area contributed by atoms with Crippen LogP contribution in [0.15, 0.2) is 18.2 Å². The first kappa shape index (κ1) is 15.5. The fraction of sp³-hybridized carbons (Fsp3) is 0.667. The van der Waals surface area contributed by atoms with E-state index >= 15 is 0 Å². The smallest absolute Gasteiger partial charge is 0.0447 e. The predicted molar refractivity (Wildman–Crippen MR) is 87.2 cm³/mol. The van der Waals surface area contributed by atoms with Gasteiger partial charge in [-0.25, -0.2) is 0 Å². The molecule has 2 unspecified atom stereocenters. The van der Waals surface area contributed by atoms with Crippen molar-refractivity contribution in [2.45, 2.75) is 46.1 Å². The molecule has 1 aromatic carbocycles. The summed E-state index contributed by atoms with van der Waals surface area (Å²) in [6, 6.07) is 7.36. The Morgan fingerprint density at radius 1 is 1.25 bits per heavy atom. The standard InChI is InChI=1S/C18H30N2/c1-5-16-7-6-8-20(12-16)13-18(19-4)17-10-14(2)9-15(3)11-17/h9-11,16,18-19H,5-8,12-13H2,1-4H3. The van der Waals surface area contributed by atoms with E-state index in [9.17, 15) is 0 Å². The zero-order chi connectivity index (χ0) is 14.5. The number of hydrogen-bond donors (Lipinski definition) is 1. The van der Waals surface area contributed by atoms with Gasteiger partial charge in [0.2, 0.25) is 0 Å². The Hall–Kier alpha value is -0.860. The summed E-state index contributed by atoms with van der Waals surface area (Å²) in [6.45, 7) is 10.4. The minimum atomic E-state index is 0.448. The van der Waals surface area contributed by atoms with Gasteiger partial charge in [0.05, 0.1) is 0 Å². The minimum Gasteiger partial charge on any atom is -0.312 e. The van der Waals surface area contributed by atoms with E-state index in [1.165, 1.54) is 49.0 Å². The molecule has 0 bridgehead atoms. The van der Waals surface area contributed by atoms with Crippen LogP contribution >= 0.6 is 0 Å². The van der Waals surface area contributed by atoms with E-state index in [1.54, 1.807) is 0 Å². The highest BCUT2D eigenvalue weighted by Gasteiger charge is 2.21. The van der Waals surface area contributed by atoms with E-state index in [0.29, 0.717) is 6.04 Å². The second-order valence-corrected chi connectivity index (χ2v) is 6.44. The van der Waals surface area contributed by atoms with Crippen LogP contribution in [0, 0.1) is 19.8 Å². The molecule has 2 atom stereocenters. The third-order valence-corrected chi connectivity index (χ3v) is 4.62. The van der Waals surface area contributed by atoms with Crippen molar-refractivity contribution in [1.82, 2.24) is 10.2 Å². The molecule has 1 N–H and O–H groups in total. The van der Waals surface area contributed by atoms with Crippen LogP contribution in [-0.4, -0.2) is 31.6 Å². The molecule has 2 heteroatoms. The molecule has 2 nitrogen and oxygen atoms in total. The molecule has 0 spiro atoms. The SMILES string of the molecule is CCC1CCCN(CC(NC)c2cc(C)cc(C)c2)C1. The van der Waals surface area contributed by atoms with E-state index in [2.05, 4.69) is 56.2 Å². The highest BCUT2D eigenvalue weighted by Crippen LogP contribution is 2.23. The third kappa shape index (κ3) is 4.07. The summed E-state index contributed by atoms with van der Waals surface area (Å²) in [5, 5.41) is 3.51. The van der Waals surface area contributed by atoms with Crippen molar-refractivity contribution in [1.29, 1.82) is 0 Å². The van der Waals surface area contributed by atoms with Gasteiger partial charge in [-0.15, -0.1) is 0 Å².